The van der Waals surface area contributed by atoms with Crippen LogP contribution in [0.15, 0.2) is 11.1 Å². The van der Waals surface area contributed by atoms with E-state index < -0.39 is 43.4 Å². The monoisotopic (exact) mass is 269 g/mol. The first kappa shape index (κ1) is 13.2. The van der Waals surface area contributed by atoms with Crippen LogP contribution in [-0.2, 0) is 10.0 Å². The van der Waals surface area contributed by atoms with Gasteiger partial charge in [-0.15, -0.1) is 0 Å². The van der Waals surface area contributed by atoms with Crippen LogP contribution in [0.1, 0.15) is 12.1 Å². The van der Waals surface area contributed by atoms with E-state index in [-0.39, 0.29) is 0 Å². The topological polar surface area (TPSA) is 136 Å². The molecular formula is C6H5F2N3O5S. The molecule has 1 rings (SSSR count). The van der Waals surface area contributed by atoms with Crippen LogP contribution in [0, 0.1) is 10.1 Å². The molecule has 1 heterocycles. The van der Waals surface area contributed by atoms with Gasteiger partial charge in [-0.1, -0.05) is 0 Å². The Morgan fingerprint density at radius 3 is 2.41 bits per heavy atom. The van der Waals surface area contributed by atoms with Crippen molar-refractivity contribution in [2.75, 3.05) is 0 Å². The molecule has 0 amide bonds. The first-order chi connectivity index (χ1) is 7.66. The minimum Gasteiger partial charge on any atom is -0.501 e. The molecule has 17 heavy (non-hydrogen) atoms. The van der Waals surface area contributed by atoms with Crippen molar-refractivity contribution < 1.29 is 27.2 Å². The van der Waals surface area contributed by atoms with E-state index in [1.165, 1.54) is 0 Å². The number of hydrogen-bond donors (Lipinski definition) is 2. The molecule has 3 N–H and O–H groups in total. The number of alkyl halides is 2. The largest absolute Gasteiger partial charge is 0.501 e. The first-order valence-electron chi connectivity index (χ1n) is 3.83. The van der Waals surface area contributed by atoms with E-state index in [0.717, 1.165) is 0 Å². The van der Waals surface area contributed by atoms with E-state index in [0.29, 0.717) is 6.20 Å². The zero-order valence-corrected chi connectivity index (χ0v) is 8.69. The van der Waals surface area contributed by atoms with Gasteiger partial charge in [-0.05, 0) is 0 Å². The number of pyridine rings is 1. The van der Waals surface area contributed by atoms with Crippen molar-refractivity contribution in [2.45, 2.75) is 11.3 Å². The third-order valence-corrected chi connectivity index (χ3v) is 2.66. The molecule has 0 spiro atoms. The molecule has 0 bridgehead atoms. The Balaban J connectivity index is 3.82. The minimum absolute atomic E-state index is 0.355. The molecule has 1 aromatic heterocycles. The molecule has 0 aliphatic rings. The van der Waals surface area contributed by atoms with Crippen molar-refractivity contribution in [1.29, 1.82) is 0 Å². The van der Waals surface area contributed by atoms with Crippen LogP contribution in [-0.4, -0.2) is 23.4 Å². The summed E-state index contributed by atoms with van der Waals surface area (Å²) in [5, 5.41) is 24.2. The Bertz CT molecular complexity index is 573. The van der Waals surface area contributed by atoms with E-state index in [2.05, 4.69) is 10.1 Å². The molecule has 1 aromatic rings. The predicted molar refractivity (Wildman–Crippen MR) is 48.9 cm³/mol. The summed E-state index contributed by atoms with van der Waals surface area (Å²) >= 11 is 0. The van der Waals surface area contributed by atoms with Gasteiger partial charge in [-0.2, -0.15) is 0 Å². The van der Waals surface area contributed by atoms with Crippen molar-refractivity contribution in [2.24, 2.45) is 5.14 Å². The second kappa shape index (κ2) is 4.18. The van der Waals surface area contributed by atoms with E-state index >= 15 is 0 Å². The van der Waals surface area contributed by atoms with Gasteiger partial charge >= 0.3 is 5.69 Å². The molecule has 0 atom stereocenters. The second-order valence-corrected chi connectivity index (χ2v) is 4.31. The normalized spacial score (nSPS) is 11.8. The number of sulfonamides is 1. The van der Waals surface area contributed by atoms with Crippen LogP contribution >= 0.6 is 0 Å². The number of hydrogen-bond acceptors (Lipinski definition) is 6. The SMILES string of the molecule is NS(=O)(=O)c1c(C(F)F)ncc(O)c1[N+](=O)[O-]. The molecule has 0 saturated heterocycles. The van der Waals surface area contributed by atoms with Crippen LogP contribution in [0.4, 0.5) is 14.5 Å². The number of primary sulfonamides is 1. The summed E-state index contributed by atoms with van der Waals surface area (Å²) in [4.78, 5) is 10.6. The first-order valence-corrected chi connectivity index (χ1v) is 5.38. The summed E-state index contributed by atoms with van der Waals surface area (Å²) in [6.07, 6.45) is -3.03. The fourth-order valence-corrected chi connectivity index (χ4v) is 1.98. The maximum Gasteiger partial charge on any atom is 0.334 e. The number of nitro groups is 1. The number of nitrogens with zero attached hydrogens (tertiary/aromatic N) is 2. The van der Waals surface area contributed by atoms with E-state index in [1.54, 1.807) is 0 Å². The van der Waals surface area contributed by atoms with Crippen LogP contribution in [0.25, 0.3) is 0 Å². The zero-order valence-electron chi connectivity index (χ0n) is 7.87. The summed E-state index contributed by atoms with van der Waals surface area (Å²) in [5.41, 5.74) is -2.80. The van der Waals surface area contributed by atoms with Gasteiger partial charge in [0.05, 0.1) is 11.1 Å². The van der Waals surface area contributed by atoms with Crippen molar-refractivity contribution >= 4 is 15.7 Å². The summed E-state index contributed by atoms with van der Waals surface area (Å²) in [6.45, 7) is 0. The molecule has 0 unspecified atom stereocenters. The summed E-state index contributed by atoms with van der Waals surface area (Å²) in [5.74, 6) is -1.16. The Kier molecular flexibility index (Phi) is 3.24. The molecule has 0 saturated carbocycles. The third kappa shape index (κ3) is 2.45. The zero-order chi connectivity index (χ0) is 13.4. The van der Waals surface area contributed by atoms with Gasteiger partial charge in [0.1, 0.15) is 5.69 Å². The van der Waals surface area contributed by atoms with Crippen LogP contribution < -0.4 is 5.14 Å². The molecule has 0 aromatic carbocycles. The lowest BCUT2D eigenvalue weighted by atomic mass is 10.3. The Labute approximate surface area is 92.9 Å². The third-order valence-electron chi connectivity index (χ3n) is 1.69. The number of halogens is 2. The smallest absolute Gasteiger partial charge is 0.334 e. The molecule has 11 heteroatoms. The molecule has 8 nitrogen and oxygen atoms in total. The van der Waals surface area contributed by atoms with Gasteiger partial charge in [-0.3, -0.25) is 10.1 Å². The van der Waals surface area contributed by atoms with Gasteiger partial charge in [0, 0.05) is 0 Å². The van der Waals surface area contributed by atoms with E-state index in [4.69, 9.17) is 5.11 Å². The lowest BCUT2D eigenvalue weighted by molar-refractivity contribution is -0.389. The molecular weight excluding hydrogens is 264 g/mol. The van der Waals surface area contributed by atoms with Crippen LogP contribution in [0.5, 0.6) is 5.75 Å². The van der Waals surface area contributed by atoms with Gasteiger partial charge in [0.15, 0.2) is 4.90 Å². The van der Waals surface area contributed by atoms with Crippen molar-refractivity contribution in [3.8, 4) is 5.75 Å². The minimum atomic E-state index is -4.82. The maximum absolute atomic E-state index is 12.4. The average Bonchev–Trinajstić information content (AvgIpc) is 2.14. The highest BCUT2D eigenvalue weighted by Gasteiger charge is 2.35. The average molecular weight is 269 g/mol. The quantitative estimate of drug-likeness (QED) is 0.597. The molecule has 0 aliphatic heterocycles. The summed E-state index contributed by atoms with van der Waals surface area (Å²) in [6, 6.07) is 0. The Morgan fingerprint density at radius 1 is 1.53 bits per heavy atom. The molecule has 0 radical (unpaired) electrons. The maximum atomic E-state index is 12.4. The standard InChI is InChI=1S/C6H5F2N3O5S/c7-6(8)3-5(17(9,15)16)4(11(13)14)2(12)1-10-3/h1,6,12H,(H2,9,15,16). The van der Waals surface area contributed by atoms with Crippen LogP contribution in [0.2, 0.25) is 0 Å². The summed E-state index contributed by atoms with van der Waals surface area (Å²) < 4.78 is 46.9. The van der Waals surface area contributed by atoms with Crippen molar-refractivity contribution in [1.82, 2.24) is 4.98 Å². The van der Waals surface area contributed by atoms with Crippen molar-refractivity contribution in [3.63, 3.8) is 0 Å². The molecule has 0 aliphatic carbocycles. The Morgan fingerprint density at radius 2 is 2.06 bits per heavy atom. The Hall–Kier alpha value is -1.88. The van der Waals surface area contributed by atoms with E-state index in [9.17, 15) is 27.3 Å². The molecule has 0 fully saturated rings. The molecule has 94 valence electrons. The van der Waals surface area contributed by atoms with Crippen molar-refractivity contribution in [3.05, 3.63) is 22.0 Å². The second-order valence-electron chi connectivity index (χ2n) is 2.81. The highest BCUT2D eigenvalue weighted by atomic mass is 32.2. The lowest BCUT2D eigenvalue weighted by Gasteiger charge is -2.07. The fourth-order valence-electron chi connectivity index (χ4n) is 1.10. The number of aromatic hydroxyl groups is 1. The fraction of sp³-hybridized carbons (Fsp3) is 0.167. The number of aromatic nitrogens is 1. The van der Waals surface area contributed by atoms with E-state index in [1.807, 2.05) is 0 Å². The highest BCUT2D eigenvalue weighted by molar-refractivity contribution is 7.89. The van der Waals surface area contributed by atoms with Crippen LogP contribution in [0.3, 0.4) is 0 Å². The van der Waals surface area contributed by atoms with Gasteiger partial charge in [-0.25, -0.2) is 27.3 Å². The highest BCUT2D eigenvalue weighted by Crippen LogP contribution is 2.36. The number of nitrogens with two attached hydrogens (primary N) is 1. The van der Waals surface area contributed by atoms with Gasteiger partial charge < -0.3 is 5.11 Å². The lowest BCUT2D eigenvalue weighted by Crippen LogP contribution is -2.18. The van der Waals surface area contributed by atoms with Gasteiger partial charge in [0.25, 0.3) is 6.43 Å². The van der Waals surface area contributed by atoms with Gasteiger partial charge in [0.2, 0.25) is 15.8 Å². The predicted octanol–water partition coefficient (Wildman–Crippen LogP) is 0.280. The summed E-state index contributed by atoms with van der Waals surface area (Å²) in [7, 11) is -4.82. The number of rotatable bonds is 3.